The van der Waals surface area contributed by atoms with Crippen LogP contribution in [0.1, 0.15) is 20.8 Å². The monoisotopic (exact) mass is 341 g/mol. The van der Waals surface area contributed by atoms with E-state index in [1.807, 2.05) is 0 Å². The zero-order chi connectivity index (χ0) is 17.2. The van der Waals surface area contributed by atoms with Crippen LogP contribution in [0.5, 0.6) is 5.75 Å². The molecular weight excluding hydrogens is 327 g/mol. The summed E-state index contributed by atoms with van der Waals surface area (Å²) in [6.07, 6.45) is -0.844. The van der Waals surface area contributed by atoms with Gasteiger partial charge in [0.05, 0.1) is 0 Å². The van der Waals surface area contributed by atoms with E-state index in [1.54, 1.807) is 20.8 Å². The summed E-state index contributed by atoms with van der Waals surface area (Å²) in [6.45, 7) is 4.88. The Labute approximate surface area is 125 Å². The Balaban J connectivity index is 2.86. The van der Waals surface area contributed by atoms with Crippen LogP contribution in [-0.4, -0.2) is 25.6 Å². The molecule has 22 heavy (non-hydrogen) atoms. The van der Waals surface area contributed by atoms with Gasteiger partial charge in [-0.15, -0.1) is 0 Å². The van der Waals surface area contributed by atoms with Crippen molar-refractivity contribution >= 4 is 21.9 Å². The van der Waals surface area contributed by atoms with Crippen molar-refractivity contribution in [2.45, 2.75) is 31.9 Å². The van der Waals surface area contributed by atoms with Gasteiger partial charge in [0.25, 0.3) is 0 Å². The highest BCUT2D eigenvalue weighted by molar-refractivity contribution is 7.88. The number of amides is 1. The molecule has 1 amide bonds. The highest BCUT2D eigenvalue weighted by Crippen LogP contribution is 2.28. The van der Waals surface area contributed by atoms with Crippen molar-refractivity contribution in [1.29, 1.82) is 0 Å². The molecule has 1 rings (SSSR count). The molecule has 124 valence electrons. The van der Waals surface area contributed by atoms with Crippen molar-refractivity contribution in [2.75, 3.05) is 5.32 Å². The molecule has 0 heterocycles. The lowest BCUT2D eigenvalue weighted by Crippen LogP contribution is -2.28. The minimum absolute atomic E-state index is 0.0177. The average molecular weight is 341 g/mol. The molecule has 1 aromatic carbocycles. The quantitative estimate of drug-likeness (QED) is 0.674. The minimum atomic E-state index is -5.77. The molecule has 10 heteroatoms. The number of hydrogen-bond acceptors (Lipinski definition) is 5. The Morgan fingerprint density at radius 2 is 1.77 bits per heavy atom. The number of alkyl halides is 3. The van der Waals surface area contributed by atoms with Gasteiger partial charge in [0.15, 0.2) is 0 Å². The van der Waals surface area contributed by atoms with Gasteiger partial charge in [-0.2, -0.15) is 21.6 Å². The topological polar surface area (TPSA) is 81.7 Å². The lowest BCUT2D eigenvalue weighted by Gasteiger charge is -2.19. The highest BCUT2D eigenvalue weighted by atomic mass is 32.2. The van der Waals surface area contributed by atoms with Crippen LogP contribution < -0.4 is 9.50 Å². The second-order valence-electron chi connectivity index (χ2n) is 5.14. The van der Waals surface area contributed by atoms with E-state index in [0.29, 0.717) is 0 Å². The first-order valence-corrected chi connectivity index (χ1v) is 7.32. The molecule has 0 saturated carbocycles. The Kier molecular flexibility index (Phi) is 4.96. The molecule has 0 aliphatic heterocycles. The van der Waals surface area contributed by atoms with Gasteiger partial charge in [0.2, 0.25) is 0 Å². The van der Waals surface area contributed by atoms with E-state index in [9.17, 15) is 26.4 Å². The van der Waals surface area contributed by atoms with Crippen molar-refractivity contribution in [3.05, 3.63) is 24.3 Å². The molecule has 0 bridgehead atoms. The maximum Gasteiger partial charge on any atom is 0.534 e. The summed E-state index contributed by atoms with van der Waals surface area (Å²) in [4.78, 5) is 11.5. The second kappa shape index (κ2) is 6.03. The van der Waals surface area contributed by atoms with Crippen LogP contribution in [0.2, 0.25) is 0 Å². The van der Waals surface area contributed by atoms with Crippen LogP contribution in [-0.2, 0) is 14.9 Å². The molecule has 0 aliphatic carbocycles. The van der Waals surface area contributed by atoms with E-state index in [4.69, 9.17) is 4.74 Å². The van der Waals surface area contributed by atoms with Crippen molar-refractivity contribution in [3.63, 3.8) is 0 Å². The average Bonchev–Trinajstić information content (AvgIpc) is 2.23. The Bertz CT molecular complexity index is 649. The molecule has 0 aromatic heterocycles. The second-order valence-corrected chi connectivity index (χ2v) is 6.68. The minimum Gasteiger partial charge on any atom is -0.444 e. The van der Waals surface area contributed by atoms with E-state index in [-0.39, 0.29) is 5.69 Å². The van der Waals surface area contributed by atoms with Gasteiger partial charge < -0.3 is 8.92 Å². The maximum absolute atomic E-state index is 12.2. The number of halogens is 3. The number of rotatable bonds is 3. The fourth-order valence-electron chi connectivity index (χ4n) is 1.22. The first kappa shape index (κ1) is 18.1. The predicted octanol–water partition coefficient (Wildman–Crippen LogP) is 3.26. The van der Waals surface area contributed by atoms with Crippen LogP contribution in [0.15, 0.2) is 24.3 Å². The summed E-state index contributed by atoms with van der Waals surface area (Å²) in [5.74, 6) is -0.592. The van der Waals surface area contributed by atoms with Crippen LogP contribution >= 0.6 is 0 Å². The van der Waals surface area contributed by atoms with Crippen molar-refractivity contribution in [2.24, 2.45) is 0 Å². The normalized spacial score (nSPS) is 12.6. The van der Waals surface area contributed by atoms with Crippen molar-refractivity contribution in [3.8, 4) is 5.75 Å². The van der Waals surface area contributed by atoms with Gasteiger partial charge >= 0.3 is 21.7 Å². The highest BCUT2D eigenvalue weighted by Gasteiger charge is 2.48. The molecule has 0 spiro atoms. The number of carbonyl (C=O) groups is 1. The summed E-state index contributed by atoms with van der Waals surface area (Å²) in [6, 6.07) is 4.47. The van der Waals surface area contributed by atoms with E-state index in [0.717, 1.165) is 12.1 Å². The number of ether oxygens (including phenoxy) is 1. The summed E-state index contributed by atoms with van der Waals surface area (Å²) < 4.78 is 67.3. The van der Waals surface area contributed by atoms with Crippen molar-refractivity contribution in [1.82, 2.24) is 0 Å². The molecule has 0 fully saturated rings. The fourth-order valence-corrected chi connectivity index (χ4v) is 1.67. The summed E-state index contributed by atoms with van der Waals surface area (Å²) in [7, 11) is -5.77. The molecule has 0 unspecified atom stereocenters. The van der Waals surface area contributed by atoms with Gasteiger partial charge in [-0.05, 0) is 32.9 Å². The first-order valence-electron chi connectivity index (χ1n) is 5.91. The summed E-state index contributed by atoms with van der Waals surface area (Å²) in [5.41, 5.74) is -6.29. The van der Waals surface area contributed by atoms with Crippen LogP contribution in [0.25, 0.3) is 0 Å². The maximum atomic E-state index is 12.2. The van der Waals surface area contributed by atoms with Crippen LogP contribution in [0.4, 0.5) is 23.7 Å². The summed E-state index contributed by atoms with van der Waals surface area (Å²) in [5, 5.41) is 2.25. The van der Waals surface area contributed by atoms with E-state index in [2.05, 4.69) is 9.50 Å². The third-order valence-corrected chi connectivity index (χ3v) is 2.95. The lowest BCUT2D eigenvalue weighted by molar-refractivity contribution is -0.0500. The van der Waals surface area contributed by atoms with Gasteiger partial charge in [0, 0.05) is 11.8 Å². The molecule has 6 nitrogen and oxygen atoms in total. The third-order valence-electron chi connectivity index (χ3n) is 1.97. The van der Waals surface area contributed by atoms with E-state index >= 15 is 0 Å². The van der Waals surface area contributed by atoms with Gasteiger partial charge in [-0.25, -0.2) is 4.79 Å². The van der Waals surface area contributed by atoms with Crippen molar-refractivity contribution < 1.29 is 35.3 Å². The third kappa shape index (κ3) is 5.43. The zero-order valence-corrected chi connectivity index (χ0v) is 12.7. The van der Waals surface area contributed by atoms with Gasteiger partial charge in [0.1, 0.15) is 11.4 Å². The Hall–Kier alpha value is -1.97. The SMILES string of the molecule is CC(C)(C)OC(=O)Nc1cccc(OS(=O)(=O)C(F)(F)F)c1. The molecule has 1 N–H and O–H groups in total. The smallest absolute Gasteiger partial charge is 0.444 e. The molecule has 0 saturated heterocycles. The van der Waals surface area contributed by atoms with E-state index in [1.165, 1.54) is 12.1 Å². The standard InChI is InChI=1S/C12H14F3NO5S/c1-11(2,3)20-10(17)16-8-5-4-6-9(7-8)21-22(18,19)12(13,14)15/h4-7H,1-3H3,(H,16,17). The van der Waals surface area contributed by atoms with E-state index < -0.39 is 33.1 Å². The largest absolute Gasteiger partial charge is 0.534 e. The molecule has 0 aliphatic rings. The predicted molar refractivity (Wildman–Crippen MR) is 71.9 cm³/mol. The number of anilines is 1. The Morgan fingerprint density at radius 3 is 2.27 bits per heavy atom. The molecule has 0 radical (unpaired) electrons. The van der Waals surface area contributed by atoms with Gasteiger partial charge in [-0.3, -0.25) is 5.32 Å². The van der Waals surface area contributed by atoms with Crippen LogP contribution in [0, 0.1) is 0 Å². The zero-order valence-electron chi connectivity index (χ0n) is 11.9. The number of carbonyl (C=O) groups excluding carboxylic acids is 1. The fraction of sp³-hybridized carbons (Fsp3) is 0.417. The summed E-state index contributed by atoms with van der Waals surface area (Å²) >= 11 is 0. The lowest BCUT2D eigenvalue weighted by atomic mass is 10.2. The first-order chi connectivity index (χ1) is 9.80. The molecule has 0 atom stereocenters. The van der Waals surface area contributed by atoms with Gasteiger partial charge in [-0.1, -0.05) is 6.07 Å². The van der Waals surface area contributed by atoms with Crippen LogP contribution in [0.3, 0.4) is 0 Å². The number of nitrogens with one attached hydrogen (secondary N) is 1. The Morgan fingerprint density at radius 1 is 1.18 bits per heavy atom. The number of benzene rings is 1. The number of hydrogen-bond donors (Lipinski definition) is 1. The molecular formula is C12H14F3NO5S. The molecule has 1 aromatic rings.